The van der Waals surface area contributed by atoms with Crippen LogP contribution >= 0.6 is 27.5 Å². The third-order valence-electron chi connectivity index (χ3n) is 3.37. The van der Waals surface area contributed by atoms with Crippen LogP contribution in [0.2, 0.25) is 0 Å². The fourth-order valence-corrected chi connectivity index (χ4v) is 3.04. The highest BCUT2D eigenvalue weighted by atomic mass is 79.9. The van der Waals surface area contributed by atoms with Crippen molar-refractivity contribution in [3.63, 3.8) is 0 Å². The Morgan fingerprint density at radius 3 is 2.79 bits per heavy atom. The molecule has 0 aliphatic heterocycles. The Labute approximate surface area is 126 Å². The number of nitrogens with zero attached hydrogens (tertiary/aromatic N) is 2. The number of rotatable bonds is 3. The first kappa shape index (κ1) is 13.1. The second-order valence-corrected chi connectivity index (χ2v) is 6.12. The lowest BCUT2D eigenvalue weighted by molar-refractivity contribution is 0.958. The Morgan fingerprint density at radius 2 is 2.16 bits per heavy atom. The zero-order valence-electron chi connectivity index (χ0n) is 10.7. The molecule has 0 bridgehead atoms. The molecule has 3 rings (SSSR count). The van der Waals surface area contributed by atoms with Crippen molar-refractivity contribution in [1.82, 2.24) is 9.97 Å². The van der Waals surface area contributed by atoms with Crippen molar-refractivity contribution in [3.05, 3.63) is 45.7 Å². The zero-order valence-corrected chi connectivity index (χ0v) is 13.0. The molecule has 0 radical (unpaired) electrons. The molecular formula is C15H14BrClN2. The van der Waals surface area contributed by atoms with Crippen molar-refractivity contribution in [2.75, 3.05) is 0 Å². The number of alkyl halides is 1. The lowest BCUT2D eigenvalue weighted by Gasteiger charge is -2.09. The molecule has 2 aromatic rings. The maximum atomic E-state index is 5.97. The van der Waals surface area contributed by atoms with Gasteiger partial charge in [0.2, 0.25) is 0 Å². The van der Waals surface area contributed by atoms with E-state index in [9.17, 15) is 0 Å². The predicted molar refractivity (Wildman–Crippen MR) is 81.4 cm³/mol. The Kier molecular flexibility index (Phi) is 3.59. The molecule has 0 unspecified atom stereocenters. The standard InChI is InChI=1S/C15H14BrClN2/c1-9-2-5-12(13(16)6-9)15-18-8-11(7-17)14(19-15)10-3-4-10/h2,5-6,8,10H,3-4,7H2,1H3. The second-order valence-electron chi connectivity index (χ2n) is 5.00. The molecule has 0 N–H and O–H groups in total. The molecule has 98 valence electrons. The van der Waals surface area contributed by atoms with Gasteiger partial charge in [-0.05, 0) is 37.5 Å². The average molecular weight is 338 g/mol. The molecule has 1 aromatic carbocycles. The van der Waals surface area contributed by atoms with Gasteiger partial charge in [-0.2, -0.15) is 0 Å². The highest BCUT2D eigenvalue weighted by molar-refractivity contribution is 9.10. The summed E-state index contributed by atoms with van der Waals surface area (Å²) in [7, 11) is 0. The number of aryl methyl sites for hydroxylation is 1. The number of benzene rings is 1. The normalized spacial score (nSPS) is 14.7. The summed E-state index contributed by atoms with van der Waals surface area (Å²) in [5, 5.41) is 0. The third-order valence-corrected chi connectivity index (χ3v) is 4.32. The van der Waals surface area contributed by atoms with E-state index in [2.05, 4.69) is 46.0 Å². The first-order valence-electron chi connectivity index (χ1n) is 6.37. The van der Waals surface area contributed by atoms with E-state index in [4.69, 9.17) is 16.6 Å². The fourth-order valence-electron chi connectivity index (χ4n) is 2.16. The summed E-state index contributed by atoms with van der Waals surface area (Å²) in [6, 6.07) is 6.23. The van der Waals surface area contributed by atoms with Crippen LogP contribution in [0.15, 0.2) is 28.9 Å². The molecule has 1 aliphatic carbocycles. The topological polar surface area (TPSA) is 25.8 Å². The van der Waals surface area contributed by atoms with E-state index in [-0.39, 0.29) is 0 Å². The van der Waals surface area contributed by atoms with Crippen LogP contribution in [0.1, 0.15) is 35.6 Å². The quantitative estimate of drug-likeness (QED) is 0.750. The number of hydrogen-bond donors (Lipinski definition) is 0. The minimum atomic E-state index is 0.487. The van der Waals surface area contributed by atoms with Crippen LogP contribution in [-0.4, -0.2) is 9.97 Å². The summed E-state index contributed by atoms with van der Waals surface area (Å²) in [4.78, 5) is 9.20. The van der Waals surface area contributed by atoms with E-state index in [0.29, 0.717) is 11.8 Å². The van der Waals surface area contributed by atoms with Crippen LogP contribution in [0.4, 0.5) is 0 Å². The Bertz CT molecular complexity index is 624. The van der Waals surface area contributed by atoms with Gasteiger partial charge in [0.1, 0.15) is 0 Å². The van der Waals surface area contributed by atoms with Crippen LogP contribution < -0.4 is 0 Å². The van der Waals surface area contributed by atoms with Crippen LogP contribution in [0, 0.1) is 6.92 Å². The monoisotopic (exact) mass is 336 g/mol. The number of halogens is 2. The fraction of sp³-hybridized carbons (Fsp3) is 0.333. The van der Waals surface area contributed by atoms with Gasteiger partial charge < -0.3 is 0 Å². The lowest BCUT2D eigenvalue weighted by atomic mass is 10.1. The van der Waals surface area contributed by atoms with Gasteiger partial charge in [0.15, 0.2) is 5.82 Å². The maximum Gasteiger partial charge on any atom is 0.160 e. The summed E-state index contributed by atoms with van der Waals surface area (Å²) in [5.74, 6) is 1.85. The predicted octanol–water partition coefficient (Wildman–Crippen LogP) is 4.83. The van der Waals surface area contributed by atoms with E-state index in [0.717, 1.165) is 27.1 Å². The minimum absolute atomic E-state index is 0.487. The van der Waals surface area contributed by atoms with Crippen LogP contribution in [0.5, 0.6) is 0 Å². The largest absolute Gasteiger partial charge is 0.236 e. The van der Waals surface area contributed by atoms with Gasteiger partial charge in [0.05, 0.1) is 11.6 Å². The van der Waals surface area contributed by atoms with Crippen molar-refractivity contribution in [1.29, 1.82) is 0 Å². The highest BCUT2D eigenvalue weighted by Crippen LogP contribution is 2.41. The smallest absolute Gasteiger partial charge is 0.160 e. The molecule has 19 heavy (non-hydrogen) atoms. The molecule has 0 saturated heterocycles. The summed E-state index contributed by atoms with van der Waals surface area (Å²) in [6.07, 6.45) is 4.31. The van der Waals surface area contributed by atoms with E-state index in [1.54, 1.807) is 0 Å². The van der Waals surface area contributed by atoms with Crippen molar-refractivity contribution in [3.8, 4) is 11.4 Å². The van der Waals surface area contributed by atoms with Crippen LogP contribution in [0.3, 0.4) is 0 Å². The van der Waals surface area contributed by atoms with E-state index >= 15 is 0 Å². The van der Waals surface area contributed by atoms with Crippen molar-refractivity contribution < 1.29 is 0 Å². The molecule has 0 atom stereocenters. The Balaban J connectivity index is 2.07. The SMILES string of the molecule is Cc1ccc(-c2ncc(CCl)c(C3CC3)n2)c(Br)c1. The molecule has 0 spiro atoms. The van der Waals surface area contributed by atoms with E-state index in [1.807, 2.05) is 6.20 Å². The lowest BCUT2D eigenvalue weighted by Crippen LogP contribution is -1.99. The number of hydrogen-bond acceptors (Lipinski definition) is 2. The van der Waals surface area contributed by atoms with Gasteiger partial charge in [0, 0.05) is 27.7 Å². The summed E-state index contributed by atoms with van der Waals surface area (Å²) >= 11 is 9.56. The van der Waals surface area contributed by atoms with Gasteiger partial charge in [-0.15, -0.1) is 11.6 Å². The second kappa shape index (κ2) is 5.22. The van der Waals surface area contributed by atoms with Gasteiger partial charge >= 0.3 is 0 Å². The van der Waals surface area contributed by atoms with Crippen molar-refractivity contribution in [2.24, 2.45) is 0 Å². The Morgan fingerprint density at radius 1 is 1.37 bits per heavy atom. The van der Waals surface area contributed by atoms with Gasteiger partial charge in [-0.3, -0.25) is 0 Å². The molecule has 1 heterocycles. The first-order valence-corrected chi connectivity index (χ1v) is 7.70. The first-order chi connectivity index (χ1) is 9.19. The van der Waals surface area contributed by atoms with E-state index < -0.39 is 0 Å². The van der Waals surface area contributed by atoms with E-state index in [1.165, 1.54) is 18.4 Å². The summed E-state index contributed by atoms with van der Waals surface area (Å²) in [6.45, 7) is 2.07. The molecule has 4 heteroatoms. The van der Waals surface area contributed by atoms with Crippen LogP contribution in [-0.2, 0) is 5.88 Å². The van der Waals surface area contributed by atoms with Crippen molar-refractivity contribution in [2.45, 2.75) is 31.6 Å². The molecular weight excluding hydrogens is 324 g/mol. The zero-order chi connectivity index (χ0) is 13.4. The molecule has 0 amide bonds. The van der Waals surface area contributed by atoms with Gasteiger partial charge in [0.25, 0.3) is 0 Å². The van der Waals surface area contributed by atoms with Crippen LogP contribution in [0.25, 0.3) is 11.4 Å². The minimum Gasteiger partial charge on any atom is -0.236 e. The molecule has 1 saturated carbocycles. The molecule has 1 aromatic heterocycles. The third kappa shape index (κ3) is 2.67. The Hall–Kier alpha value is -0.930. The highest BCUT2D eigenvalue weighted by Gasteiger charge is 2.28. The van der Waals surface area contributed by atoms with Gasteiger partial charge in [-0.25, -0.2) is 9.97 Å². The van der Waals surface area contributed by atoms with Crippen molar-refractivity contribution >= 4 is 27.5 Å². The molecule has 1 fully saturated rings. The molecule has 1 aliphatic rings. The average Bonchev–Trinajstić information content (AvgIpc) is 3.22. The summed E-state index contributed by atoms with van der Waals surface area (Å²) < 4.78 is 1.04. The number of aromatic nitrogens is 2. The molecule has 2 nitrogen and oxygen atoms in total. The van der Waals surface area contributed by atoms with Gasteiger partial charge in [-0.1, -0.05) is 22.0 Å². The summed E-state index contributed by atoms with van der Waals surface area (Å²) in [5.41, 5.74) is 4.45. The maximum absolute atomic E-state index is 5.97.